The second-order valence-electron chi connectivity index (χ2n) is 8.21. The molecule has 3 aliphatic rings. The van der Waals surface area contributed by atoms with Crippen LogP contribution in [0.3, 0.4) is 0 Å². The SMILES string of the molecule is O=C(CN1CCc2nn(-c3ncc(Br)cn3)cc2C1)N1CCN(C2CCC2)CC1. The summed E-state index contributed by atoms with van der Waals surface area (Å²) in [6, 6.07) is 0.777. The Morgan fingerprint density at radius 2 is 1.86 bits per heavy atom. The Morgan fingerprint density at radius 1 is 1.10 bits per heavy atom. The summed E-state index contributed by atoms with van der Waals surface area (Å²) in [6.45, 7) is 5.89. The molecular formula is C20H26BrN7O. The third-order valence-electron chi connectivity index (χ3n) is 6.36. The molecule has 154 valence electrons. The molecule has 5 rings (SSSR count). The molecule has 0 bridgehead atoms. The van der Waals surface area contributed by atoms with E-state index in [0.717, 1.165) is 67.5 Å². The number of nitrogens with zero attached hydrogens (tertiary/aromatic N) is 7. The zero-order valence-corrected chi connectivity index (χ0v) is 18.1. The zero-order chi connectivity index (χ0) is 19.8. The topological polar surface area (TPSA) is 70.4 Å². The van der Waals surface area contributed by atoms with Gasteiger partial charge in [-0.15, -0.1) is 0 Å². The minimum atomic E-state index is 0.255. The fourth-order valence-electron chi connectivity index (χ4n) is 4.41. The second-order valence-corrected chi connectivity index (χ2v) is 9.12. The molecule has 9 heteroatoms. The van der Waals surface area contributed by atoms with E-state index in [0.29, 0.717) is 12.5 Å². The fraction of sp³-hybridized carbons (Fsp3) is 0.600. The largest absolute Gasteiger partial charge is 0.339 e. The van der Waals surface area contributed by atoms with Crippen molar-refractivity contribution in [2.75, 3.05) is 39.3 Å². The van der Waals surface area contributed by atoms with Crippen LogP contribution in [0.4, 0.5) is 0 Å². The Kier molecular flexibility index (Phi) is 5.36. The summed E-state index contributed by atoms with van der Waals surface area (Å²) in [5.41, 5.74) is 2.24. The van der Waals surface area contributed by atoms with Gasteiger partial charge in [0.15, 0.2) is 0 Å². The quantitative estimate of drug-likeness (QED) is 0.689. The molecule has 0 unspecified atom stereocenters. The number of fused-ring (bicyclic) bond motifs is 1. The van der Waals surface area contributed by atoms with Crippen molar-refractivity contribution >= 4 is 21.8 Å². The first kappa shape index (κ1) is 19.1. The maximum Gasteiger partial charge on any atom is 0.250 e. The van der Waals surface area contributed by atoms with Crippen LogP contribution in [-0.2, 0) is 17.8 Å². The Morgan fingerprint density at radius 3 is 2.55 bits per heavy atom. The van der Waals surface area contributed by atoms with Gasteiger partial charge in [0.2, 0.25) is 5.91 Å². The molecule has 1 amide bonds. The summed E-state index contributed by atoms with van der Waals surface area (Å²) in [5.74, 6) is 0.819. The number of hydrogen-bond acceptors (Lipinski definition) is 6. The van der Waals surface area contributed by atoms with Gasteiger partial charge in [-0.2, -0.15) is 5.10 Å². The van der Waals surface area contributed by atoms with Crippen LogP contribution in [0.15, 0.2) is 23.1 Å². The van der Waals surface area contributed by atoms with Gasteiger partial charge in [-0.3, -0.25) is 14.6 Å². The minimum absolute atomic E-state index is 0.255. The number of carbonyl (C=O) groups is 1. The number of piperazine rings is 1. The van der Waals surface area contributed by atoms with E-state index in [1.54, 1.807) is 17.1 Å². The van der Waals surface area contributed by atoms with E-state index in [9.17, 15) is 4.79 Å². The molecule has 8 nitrogen and oxygen atoms in total. The van der Waals surface area contributed by atoms with Crippen molar-refractivity contribution in [2.24, 2.45) is 0 Å². The van der Waals surface area contributed by atoms with Crippen molar-refractivity contribution in [3.05, 3.63) is 34.3 Å². The van der Waals surface area contributed by atoms with Crippen molar-refractivity contribution in [3.8, 4) is 5.95 Å². The van der Waals surface area contributed by atoms with Gasteiger partial charge in [-0.1, -0.05) is 6.42 Å². The molecule has 0 spiro atoms. The Hall–Kier alpha value is -1.84. The molecule has 0 radical (unpaired) electrons. The molecule has 0 N–H and O–H groups in total. The summed E-state index contributed by atoms with van der Waals surface area (Å²) >= 11 is 3.36. The summed E-state index contributed by atoms with van der Waals surface area (Å²) < 4.78 is 2.58. The van der Waals surface area contributed by atoms with Crippen LogP contribution in [0.5, 0.6) is 0 Å². The standard InChI is InChI=1S/C20H26BrN7O/c21-16-10-22-20(23-11-16)28-13-15-12-25(5-4-18(15)24-28)14-19(29)27-8-6-26(7-9-27)17-2-1-3-17/h10-11,13,17H,1-9,12,14H2. The molecule has 1 aliphatic carbocycles. The average molecular weight is 460 g/mol. The lowest BCUT2D eigenvalue weighted by molar-refractivity contribution is -0.135. The predicted octanol–water partition coefficient (Wildman–Crippen LogP) is 1.48. The fourth-order valence-corrected chi connectivity index (χ4v) is 4.62. The second kappa shape index (κ2) is 8.12. The van der Waals surface area contributed by atoms with Crippen molar-refractivity contribution in [1.29, 1.82) is 0 Å². The van der Waals surface area contributed by atoms with E-state index in [1.807, 2.05) is 11.1 Å². The molecule has 2 fully saturated rings. The van der Waals surface area contributed by atoms with E-state index in [4.69, 9.17) is 0 Å². The maximum absolute atomic E-state index is 12.8. The minimum Gasteiger partial charge on any atom is -0.339 e. The van der Waals surface area contributed by atoms with Crippen molar-refractivity contribution in [1.82, 2.24) is 34.4 Å². The number of rotatable bonds is 4. The van der Waals surface area contributed by atoms with E-state index in [-0.39, 0.29) is 5.91 Å². The smallest absolute Gasteiger partial charge is 0.250 e. The van der Waals surface area contributed by atoms with Gasteiger partial charge in [0.25, 0.3) is 5.95 Å². The summed E-state index contributed by atoms with van der Waals surface area (Å²) in [7, 11) is 0. The average Bonchev–Trinajstić information content (AvgIpc) is 3.11. The van der Waals surface area contributed by atoms with E-state index >= 15 is 0 Å². The third-order valence-corrected chi connectivity index (χ3v) is 6.77. The van der Waals surface area contributed by atoms with Crippen LogP contribution < -0.4 is 0 Å². The highest BCUT2D eigenvalue weighted by molar-refractivity contribution is 9.10. The molecular weight excluding hydrogens is 434 g/mol. The first-order valence-corrected chi connectivity index (χ1v) is 11.2. The maximum atomic E-state index is 12.8. The lowest BCUT2D eigenvalue weighted by atomic mass is 9.91. The molecule has 2 aromatic heterocycles. The van der Waals surface area contributed by atoms with E-state index < -0.39 is 0 Å². The molecule has 0 aromatic carbocycles. The van der Waals surface area contributed by atoms with E-state index in [1.165, 1.54) is 19.3 Å². The summed E-state index contributed by atoms with van der Waals surface area (Å²) in [4.78, 5) is 28.3. The normalized spacial score (nSPS) is 21.1. The van der Waals surface area contributed by atoms with Gasteiger partial charge in [-0.05, 0) is 28.8 Å². The molecule has 0 atom stereocenters. The van der Waals surface area contributed by atoms with Gasteiger partial charge in [-0.25, -0.2) is 14.6 Å². The lowest BCUT2D eigenvalue weighted by Crippen LogP contribution is -2.55. The summed E-state index contributed by atoms with van der Waals surface area (Å²) in [5, 5.41) is 4.64. The molecule has 2 aliphatic heterocycles. The van der Waals surface area contributed by atoms with Gasteiger partial charge in [0.05, 0.1) is 16.7 Å². The monoisotopic (exact) mass is 459 g/mol. The number of aromatic nitrogens is 4. The number of amides is 1. The van der Waals surface area contributed by atoms with E-state index in [2.05, 4.69) is 40.8 Å². The summed E-state index contributed by atoms with van der Waals surface area (Å²) in [6.07, 6.45) is 10.3. The van der Waals surface area contributed by atoms with Crippen LogP contribution in [-0.4, -0.2) is 85.7 Å². The molecule has 2 aromatic rings. The first-order chi connectivity index (χ1) is 14.2. The van der Waals surface area contributed by atoms with Gasteiger partial charge in [0.1, 0.15) is 0 Å². The van der Waals surface area contributed by atoms with Crippen LogP contribution in [0.2, 0.25) is 0 Å². The Bertz CT molecular complexity index is 871. The van der Waals surface area contributed by atoms with Crippen molar-refractivity contribution < 1.29 is 4.79 Å². The zero-order valence-electron chi connectivity index (χ0n) is 16.5. The van der Waals surface area contributed by atoms with Crippen LogP contribution in [0.1, 0.15) is 30.5 Å². The van der Waals surface area contributed by atoms with Gasteiger partial charge in [0, 0.05) is 75.9 Å². The van der Waals surface area contributed by atoms with Crippen molar-refractivity contribution in [3.63, 3.8) is 0 Å². The van der Waals surface area contributed by atoms with Crippen LogP contribution >= 0.6 is 15.9 Å². The van der Waals surface area contributed by atoms with Gasteiger partial charge >= 0.3 is 0 Å². The molecule has 1 saturated carbocycles. The highest BCUT2D eigenvalue weighted by Crippen LogP contribution is 2.25. The van der Waals surface area contributed by atoms with Crippen molar-refractivity contribution in [2.45, 2.75) is 38.3 Å². The number of halogens is 1. The highest BCUT2D eigenvalue weighted by atomic mass is 79.9. The Balaban J connectivity index is 1.17. The van der Waals surface area contributed by atoms with Gasteiger partial charge < -0.3 is 4.90 Å². The third kappa shape index (κ3) is 4.08. The number of hydrogen-bond donors (Lipinski definition) is 0. The molecule has 4 heterocycles. The number of carbonyl (C=O) groups excluding carboxylic acids is 1. The molecule has 29 heavy (non-hydrogen) atoms. The van der Waals surface area contributed by atoms with Crippen LogP contribution in [0.25, 0.3) is 5.95 Å². The molecule has 1 saturated heterocycles. The van der Waals surface area contributed by atoms with Crippen LogP contribution in [0, 0.1) is 0 Å². The predicted molar refractivity (Wildman–Crippen MR) is 112 cm³/mol. The highest BCUT2D eigenvalue weighted by Gasteiger charge is 2.30. The first-order valence-electron chi connectivity index (χ1n) is 10.5. The lowest BCUT2D eigenvalue weighted by Gasteiger charge is -2.43. The Labute approximate surface area is 179 Å².